The van der Waals surface area contributed by atoms with Crippen LogP contribution in [0.2, 0.25) is 0 Å². The number of nitriles is 1. The summed E-state index contributed by atoms with van der Waals surface area (Å²) in [7, 11) is 0. The van der Waals surface area contributed by atoms with Gasteiger partial charge in [-0.2, -0.15) is 5.26 Å². The number of hydrogen-bond acceptors (Lipinski definition) is 1. The molecule has 1 heteroatoms. The first kappa shape index (κ1) is 11.2. The molecule has 0 saturated carbocycles. The number of nitrogens with zero attached hydrogens (tertiary/aromatic N) is 1. The molecule has 0 bridgehead atoms. The molecule has 0 aliphatic rings. The molecule has 0 saturated heterocycles. The number of unbranched alkanes of at least 4 members (excludes halogenated alkanes) is 2. The second kappa shape index (κ2) is 5.73. The highest BCUT2D eigenvalue weighted by Gasteiger charge is 1.95. The predicted molar refractivity (Wildman–Crippen MR) is 70.3 cm³/mol. The van der Waals surface area contributed by atoms with Crippen molar-refractivity contribution in [2.45, 2.75) is 19.3 Å². The first-order chi connectivity index (χ1) is 8.42. The standard InChI is InChI=1S/C16H13N/c17-13-6-2-1-3-8-14-10-7-11-15-9-4-5-12-16(14)15/h4-5,7,9-12H,1-2,6H2. The Hall–Kier alpha value is -2.25. The van der Waals surface area contributed by atoms with E-state index in [2.05, 4.69) is 36.1 Å². The summed E-state index contributed by atoms with van der Waals surface area (Å²) in [4.78, 5) is 0. The van der Waals surface area contributed by atoms with Gasteiger partial charge in [0.25, 0.3) is 0 Å². The van der Waals surface area contributed by atoms with Gasteiger partial charge < -0.3 is 0 Å². The van der Waals surface area contributed by atoms with Gasteiger partial charge >= 0.3 is 0 Å². The van der Waals surface area contributed by atoms with Gasteiger partial charge in [-0.3, -0.25) is 0 Å². The Morgan fingerprint density at radius 3 is 2.65 bits per heavy atom. The minimum Gasteiger partial charge on any atom is -0.198 e. The molecular formula is C16H13N. The van der Waals surface area contributed by atoms with Crippen molar-refractivity contribution < 1.29 is 0 Å². The van der Waals surface area contributed by atoms with Crippen LogP contribution in [0.15, 0.2) is 42.5 Å². The van der Waals surface area contributed by atoms with E-state index in [4.69, 9.17) is 5.26 Å². The van der Waals surface area contributed by atoms with Gasteiger partial charge in [-0.1, -0.05) is 48.2 Å². The van der Waals surface area contributed by atoms with Crippen LogP contribution in [-0.2, 0) is 0 Å². The lowest BCUT2D eigenvalue weighted by Gasteiger charge is -1.99. The fourth-order valence-corrected chi connectivity index (χ4v) is 1.75. The van der Waals surface area contributed by atoms with Gasteiger partial charge in [0.15, 0.2) is 0 Å². The Morgan fingerprint density at radius 1 is 0.941 bits per heavy atom. The van der Waals surface area contributed by atoms with Gasteiger partial charge in [-0.25, -0.2) is 0 Å². The third-order valence-electron chi connectivity index (χ3n) is 2.60. The lowest BCUT2D eigenvalue weighted by Crippen LogP contribution is -1.79. The molecule has 0 aromatic heterocycles. The molecule has 0 spiro atoms. The van der Waals surface area contributed by atoms with Crippen LogP contribution in [0.4, 0.5) is 0 Å². The van der Waals surface area contributed by atoms with E-state index in [9.17, 15) is 0 Å². The molecule has 0 amide bonds. The maximum absolute atomic E-state index is 8.43. The third kappa shape index (κ3) is 2.86. The van der Waals surface area contributed by atoms with Gasteiger partial charge in [-0.05, 0) is 23.3 Å². The highest BCUT2D eigenvalue weighted by atomic mass is 14.2. The van der Waals surface area contributed by atoms with Crippen molar-refractivity contribution in [2.75, 3.05) is 0 Å². The van der Waals surface area contributed by atoms with Crippen molar-refractivity contribution in [2.24, 2.45) is 0 Å². The molecule has 2 aromatic rings. The summed E-state index contributed by atoms with van der Waals surface area (Å²) in [5.41, 5.74) is 1.07. The normalized spacial score (nSPS) is 9.35. The Labute approximate surface area is 102 Å². The van der Waals surface area contributed by atoms with Crippen LogP contribution in [0.25, 0.3) is 10.8 Å². The van der Waals surface area contributed by atoms with Crippen LogP contribution in [0.1, 0.15) is 24.8 Å². The highest BCUT2D eigenvalue weighted by molar-refractivity contribution is 5.88. The summed E-state index contributed by atoms with van der Waals surface area (Å²) in [5.74, 6) is 6.31. The summed E-state index contributed by atoms with van der Waals surface area (Å²) in [5, 5.41) is 10.8. The highest BCUT2D eigenvalue weighted by Crippen LogP contribution is 2.17. The zero-order chi connectivity index (χ0) is 11.9. The third-order valence-corrected chi connectivity index (χ3v) is 2.60. The number of hydrogen-bond donors (Lipinski definition) is 0. The summed E-state index contributed by atoms with van der Waals surface area (Å²) >= 11 is 0. The van der Waals surface area contributed by atoms with E-state index >= 15 is 0 Å². The molecule has 1 nitrogen and oxygen atoms in total. The Bertz CT molecular complexity index is 603. The Kier molecular flexibility index (Phi) is 3.79. The zero-order valence-corrected chi connectivity index (χ0v) is 9.61. The van der Waals surface area contributed by atoms with Gasteiger partial charge in [-0.15, -0.1) is 0 Å². The maximum Gasteiger partial charge on any atom is 0.0622 e. The van der Waals surface area contributed by atoms with Crippen molar-refractivity contribution in [3.63, 3.8) is 0 Å². The van der Waals surface area contributed by atoms with E-state index in [-0.39, 0.29) is 0 Å². The molecule has 82 valence electrons. The number of benzene rings is 2. The van der Waals surface area contributed by atoms with Crippen molar-refractivity contribution in [1.82, 2.24) is 0 Å². The van der Waals surface area contributed by atoms with Gasteiger partial charge in [0.2, 0.25) is 0 Å². The van der Waals surface area contributed by atoms with Crippen LogP contribution >= 0.6 is 0 Å². The van der Waals surface area contributed by atoms with Crippen molar-refractivity contribution in [1.29, 1.82) is 5.26 Å². The van der Waals surface area contributed by atoms with Crippen molar-refractivity contribution in [3.05, 3.63) is 48.0 Å². The molecule has 0 N–H and O–H groups in total. The Balaban J connectivity index is 2.21. The van der Waals surface area contributed by atoms with Crippen LogP contribution in [0, 0.1) is 23.2 Å². The van der Waals surface area contributed by atoms with Crippen LogP contribution < -0.4 is 0 Å². The molecule has 17 heavy (non-hydrogen) atoms. The van der Waals surface area contributed by atoms with Gasteiger partial charge in [0.05, 0.1) is 6.07 Å². The summed E-state index contributed by atoms with van der Waals surface area (Å²) in [6.07, 6.45) is 2.23. The smallest absolute Gasteiger partial charge is 0.0622 e. The van der Waals surface area contributed by atoms with Crippen molar-refractivity contribution >= 4 is 10.8 Å². The number of rotatable bonds is 2. The SMILES string of the molecule is N#CCCCC#Cc1cccc2ccccc12. The Morgan fingerprint density at radius 2 is 1.76 bits per heavy atom. The van der Waals surface area contributed by atoms with Crippen LogP contribution in [-0.4, -0.2) is 0 Å². The zero-order valence-electron chi connectivity index (χ0n) is 9.61. The molecule has 0 heterocycles. The van der Waals surface area contributed by atoms with E-state index in [0.29, 0.717) is 6.42 Å². The van der Waals surface area contributed by atoms with Crippen molar-refractivity contribution in [3.8, 4) is 17.9 Å². The lowest BCUT2D eigenvalue weighted by atomic mass is 10.0. The van der Waals surface area contributed by atoms with Crippen LogP contribution in [0.3, 0.4) is 0 Å². The molecule has 0 aliphatic carbocycles. The lowest BCUT2D eigenvalue weighted by molar-refractivity contribution is 0.894. The predicted octanol–water partition coefficient (Wildman–Crippen LogP) is 3.89. The largest absolute Gasteiger partial charge is 0.198 e. The molecule has 0 unspecified atom stereocenters. The van der Waals surface area contributed by atoms with E-state index in [1.165, 1.54) is 10.8 Å². The maximum atomic E-state index is 8.43. The fourth-order valence-electron chi connectivity index (χ4n) is 1.75. The van der Waals surface area contributed by atoms with E-state index in [1.54, 1.807) is 0 Å². The molecule has 0 fully saturated rings. The van der Waals surface area contributed by atoms with E-state index in [1.807, 2.05) is 24.3 Å². The second-order valence-electron chi connectivity index (χ2n) is 3.84. The molecule has 0 atom stereocenters. The molecule has 2 rings (SSSR count). The van der Waals surface area contributed by atoms with Gasteiger partial charge in [0, 0.05) is 18.4 Å². The number of fused-ring (bicyclic) bond motifs is 1. The summed E-state index contributed by atoms with van der Waals surface area (Å²) < 4.78 is 0. The van der Waals surface area contributed by atoms with E-state index in [0.717, 1.165) is 18.4 Å². The first-order valence-corrected chi connectivity index (χ1v) is 5.75. The first-order valence-electron chi connectivity index (χ1n) is 5.75. The fraction of sp³-hybridized carbons (Fsp3) is 0.188. The van der Waals surface area contributed by atoms with Gasteiger partial charge in [0.1, 0.15) is 0 Å². The molecular weight excluding hydrogens is 206 g/mol. The topological polar surface area (TPSA) is 23.8 Å². The molecule has 2 aromatic carbocycles. The quantitative estimate of drug-likeness (QED) is 0.555. The monoisotopic (exact) mass is 219 g/mol. The average molecular weight is 219 g/mol. The van der Waals surface area contributed by atoms with E-state index < -0.39 is 0 Å². The summed E-state index contributed by atoms with van der Waals surface area (Å²) in [6.45, 7) is 0. The minimum absolute atomic E-state index is 0.588. The molecule has 0 radical (unpaired) electrons. The second-order valence-corrected chi connectivity index (χ2v) is 3.84. The average Bonchev–Trinajstić information content (AvgIpc) is 2.39. The van der Waals surface area contributed by atoms with Crippen LogP contribution in [0.5, 0.6) is 0 Å². The summed E-state index contributed by atoms with van der Waals surface area (Å²) in [6, 6.07) is 16.5. The minimum atomic E-state index is 0.588. The molecule has 0 aliphatic heterocycles.